The molecule has 6 heteroatoms. The highest BCUT2D eigenvalue weighted by Crippen LogP contribution is 2.39. The highest BCUT2D eigenvalue weighted by Gasteiger charge is 2.31. The zero-order chi connectivity index (χ0) is 13.4. The number of nitrogen functional groups attached to an aromatic ring is 1. The molecule has 1 aliphatic heterocycles. The fraction of sp³-hybridized carbons (Fsp3) is 0.615. The lowest BCUT2D eigenvalue weighted by molar-refractivity contribution is -0.119. The Balaban J connectivity index is 1.92. The molecule has 102 valence electrons. The van der Waals surface area contributed by atoms with Gasteiger partial charge in [0.25, 0.3) is 0 Å². The van der Waals surface area contributed by atoms with Gasteiger partial charge in [-0.15, -0.1) is 0 Å². The van der Waals surface area contributed by atoms with Crippen LogP contribution in [0.2, 0.25) is 0 Å². The van der Waals surface area contributed by atoms with E-state index in [1.54, 1.807) is 6.07 Å². The summed E-state index contributed by atoms with van der Waals surface area (Å²) < 4.78 is 0. The van der Waals surface area contributed by atoms with Gasteiger partial charge in [0.05, 0.1) is 0 Å². The fourth-order valence-corrected chi connectivity index (χ4v) is 2.64. The highest BCUT2D eigenvalue weighted by atomic mass is 16.1. The third-order valence-electron chi connectivity index (χ3n) is 3.82. The fourth-order valence-electron chi connectivity index (χ4n) is 2.64. The molecule has 1 saturated heterocycles. The van der Waals surface area contributed by atoms with Gasteiger partial charge in [0.15, 0.2) is 0 Å². The Hall–Kier alpha value is -1.85. The van der Waals surface area contributed by atoms with Crippen LogP contribution in [0.25, 0.3) is 0 Å². The molecule has 1 aliphatic carbocycles. The third-order valence-corrected chi connectivity index (χ3v) is 3.82. The van der Waals surface area contributed by atoms with Gasteiger partial charge in [-0.2, -0.15) is 0 Å². The number of nitrogens with two attached hydrogens (primary N) is 2. The first-order valence-corrected chi connectivity index (χ1v) is 6.85. The van der Waals surface area contributed by atoms with Crippen molar-refractivity contribution in [1.82, 2.24) is 9.97 Å². The van der Waals surface area contributed by atoms with Crippen LogP contribution in [0.5, 0.6) is 0 Å². The number of primary amides is 1. The molecular formula is C13H19N5O. The molecule has 1 amide bonds. The van der Waals surface area contributed by atoms with Crippen molar-refractivity contribution in [1.29, 1.82) is 0 Å². The zero-order valence-electron chi connectivity index (χ0n) is 10.9. The van der Waals surface area contributed by atoms with E-state index >= 15 is 0 Å². The van der Waals surface area contributed by atoms with Crippen molar-refractivity contribution in [2.45, 2.75) is 44.1 Å². The summed E-state index contributed by atoms with van der Waals surface area (Å²) in [5.74, 6) is 2.19. The third kappa shape index (κ3) is 2.47. The van der Waals surface area contributed by atoms with Gasteiger partial charge in [-0.05, 0) is 32.1 Å². The number of carbonyl (C=O) groups is 1. The van der Waals surface area contributed by atoms with Gasteiger partial charge < -0.3 is 16.4 Å². The molecule has 0 aromatic carbocycles. The summed E-state index contributed by atoms with van der Waals surface area (Å²) in [5.41, 5.74) is 11.3. The van der Waals surface area contributed by atoms with E-state index in [0.29, 0.717) is 11.7 Å². The number of anilines is 2. The van der Waals surface area contributed by atoms with E-state index in [4.69, 9.17) is 11.5 Å². The number of amides is 1. The Bertz CT molecular complexity index is 500. The number of rotatable bonds is 3. The largest absolute Gasteiger partial charge is 0.384 e. The lowest BCUT2D eigenvalue weighted by atomic mass is 10.0. The van der Waals surface area contributed by atoms with Crippen LogP contribution in [0, 0.1) is 0 Å². The van der Waals surface area contributed by atoms with Gasteiger partial charge >= 0.3 is 0 Å². The zero-order valence-corrected chi connectivity index (χ0v) is 10.9. The highest BCUT2D eigenvalue weighted by molar-refractivity contribution is 5.83. The second-order valence-corrected chi connectivity index (χ2v) is 5.39. The smallest absolute Gasteiger partial charge is 0.240 e. The maximum atomic E-state index is 11.6. The Kier molecular flexibility index (Phi) is 3.00. The van der Waals surface area contributed by atoms with Gasteiger partial charge in [0.2, 0.25) is 5.91 Å². The summed E-state index contributed by atoms with van der Waals surface area (Å²) >= 11 is 0. The molecule has 1 unspecified atom stereocenters. The quantitative estimate of drug-likeness (QED) is 0.837. The molecule has 6 nitrogen and oxygen atoms in total. The average molecular weight is 261 g/mol. The minimum Gasteiger partial charge on any atom is -0.384 e. The summed E-state index contributed by atoms with van der Waals surface area (Å²) in [5, 5.41) is 0. The molecule has 3 rings (SSSR count). The van der Waals surface area contributed by atoms with Crippen molar-refractivity contribution in [3.05, 3.63) is 11.9 Å². The van der Waals surface area contributed by atoms with Crippen LogP contribution >= 0.6 is 0 Å². The van der Waals surface area contributed by atoms with Gasteiger partial charge in [-0.1, -0.05) is 0 Å². The molecule has 2 heterocycles. The van der Waals surface area contributed by atoms with Gasteiger partial charge in [-0.3, -0.25) is 4.79 Å². The topological polar surface area (TPSA) is 98.1 Å². The molecular weight excluding hydrogens is 242 g/mol. The van der Waals surface area contributed by atoms with Crippen LogP contribution in [0.4, 0.5) is 11.6 Å². The molecule has 1 aromatic rings. The Labute approximate surface area is 112 Å². The van der Waals surface area contributed by atoms with E-state index in [0.717, 1.165) is 50.3 Å². The average Bonchev–Trinajstić information content (AvgIpc) is 3.22. The molecule has 19 heavy (non-hydrogen) atoms. The van der Waals surface area contributed by atoms with Crippen LogP contribution in [0.3, 0.4) is 0 Å². The number of nitrogens with zero attached hydrogens (tertiary/aromatic N) is 3. The molecule has 1 atom stereocenters. The predicted molar refractivity (Wildman–Crippen MR) is 72.6 cm³/mol. The van der Waals surface area contributed by atoms with Crippen molar-refractivity contribution in [2.24, 2.45) is 5.73 Å². The van der Waals surface area contributed by atoms with Crippen molar-refractivity contribution < 1.29 is 4.79 Å². The molecule has 0 spiro atoms. The maximum absolute atomic E-state index is 11.6. The van der Waals surface area contributed by atoms with E-state index in [2.05, 4.69) is 9.97 Å². The van der Waals surface area contributed by atoms with Crippen LogP contribution in [-0.2, 0) is 4.79 Å². The molecule has 1 aromatic heterocycles. The minimum absolute atomic E-state index is 0.268. The van der Waals surface area contributed by atoms with E-state index in [1.165, 1.54) is 0 Å². The molecule has 4 N–H and O–H groups in total. The Morgan fingerprint density at radius 1 is 1.26 bits per heavy atom. The Morgan fingerprint density at radius 3 is 2.74 bits per heavy atom. The number of hydrogen-bond donors (Lipinski definition) is 2. The monoisotopic (exact) mass is 261 g/mol. The lowest BCUT2D eigenvalue weighted by Crippen LogP contribution is -2.48. The van der Waals surface area contributed by atoms with Crippen LogP contribution in [0.1, 0.15) is 43.8 Å². The van der Waals surface area contributed by atoms with Gasteiger partial charge in [0, 0.05) is 18.5 Å². The summed E-state index contributed by atoms with van der Waals surface area (Å²) in [7, 11) is 0. The van der Waals surface area contributed by atoms with Crippen molar-refractivity contribution >= 4 is 17.5 Å². The van der Waals surface area contributed by atoms with Crippen LogP contribution in [0.15, 0.2) is 6.07 Å². The first-order chi connectivity index (χ1) is 9.15. The summed E-state index contributed by atoms with van der Waals surface area (Å²) in [6.07, 6.45) is 5.12. The van der Waals surface area contributed by atoms with E-state index in [1.807, 2.05) is 4.90 Å². The number of aromatic nitrogens is 2. The standard InChI is InChI=1S/C13H19N5O/c14-10-7-11(17-13(16-10)8-4-5-8)18-6-2-1-3-9(18)12(15)19/h7-9H,1-6H2,(H2,15,19)(H2,14,16,17). The summed E-state index contributed by atoms with van der Waals surface area (Å²) in [6.45, 7) is 0.800. The van der Waals surface area contributed by atoms with Crippen LogP contribution < -0.4 is 16.4 Å². The minimum atomic E-state index is -0.287. The maximum Gasteiger partial charge on any atom is 0.240 e. The molecule has 0 bridgehead atoms. The second kappa shape index (κ2) is 4.68. The number of piperidine rings is 1. The first-order valence-electron chi connectivity index (χ1n) is 6.85. The van der Waals surface area contributed by atoms with E-state index in [-0.39, 0.29) is 11.9 Å². The molecule has 1 saturated carbocycles. The predicted octanol–water partition coefficient (Wildman–Crippen LogP) is 0.780. The summed E-state index contributed by atoms with van der Waals surface area (Å²) in [4.78, 5) is 22.4. The normalized spacial score (nSPS) is 23.4. The summed E-state index contributed by atoms with van der Waals surface area (Å²) in [6, 6.07) is 1.47. The SMILES string of the molecule is NC(=O)C1CCCCN1c1cc(N)nc(C2CC2)n1. The number of carbonyl (C=O) groups excluding carboxylic acids is 1. The molecule has 2 fully saturated rings. The second-order valence-electron chi connectivity index (χ2n) is 5.39. The van der Waals surface area contributed by atoms with E-state index < -0.39 is 0 Å². The van der Waals surface area contributed by atoms with Crippen molar-refractivity contribution in [2.75, 3.05) is 17.2 Å². The first kappa shape index (κ1) is 12.2. The van der Waals surface area contributed by atoms with Crippen molar-refractivity contribution in [3.8, 4) is 0 Å². The van der Waals surface area contributed by atoms with E-state index in [9.17, 15) is 4.79 Å². The lowest BCUT2D eigenvalue weighted by Gasteiger charge is -2.34. The van der Waals surface area contributed by atoms with Gasteiger partial charge in [0.1, 0.15) is 23.5 Å². The van der Waals surface area contributed by atoms with Gasteiger partial charge in [-0.25, -0.2) is 9.97 Å². The van der Waals surface area contributed by atoms with Crippen molar-refractivity contribution in [3.63, 3.8) is 0 Å². The molecule has 0 radical (unpaired) electrons. The Morgan fingerprint density at radius 2 is 2.05 bits per heavy atom. The van der Waals surface area contributed by atoms with Crippen LogP contribution in [-0.4, -0.2) is 28.5 Å². The number of hydrogen-bond acceptors (Lipinski definition) is 5. The molecule has 2 aliphatic rings.